The van der Waals surface area contributed by atoms with E-state index in [2.05, 4.69) is 20.7 Å². The van der Waals surface area contributed by atoms with E-state index in [1.165, 1.54) is 0 Å². The number of nitrogens with two attached hydrogens (primary N) is 1. The van der Waals surface area contributed by atoms with Crippen LogP contribution in [0.3, 0.4) is 0 Å². The molecule has 1 saturated carbocycles. The van der Waals surface area contributed by atoms with E-state index in [4.69, 9.17) is 15.2 Å². The first-order chi connectivity index (χ1) is 13.6. The molecule has 0 unspecified atom stereocenters. The summed E-state index contributed by atoms with van der Waals surface area (Å²) in [5, 5.41) is 11.6. The highest BCUT2D eigenvalue weighted by molar-refractivity contribution is 5.76. The van der Waals surface area contributed by atoms with E-state index in [0.717, 1.165) is 48.5 Å². The van der Waals surface area contributed by atoms with Crippen molar-refractivity contribution in [2.75, 3.05) is 24.9 Å². The third kappa shape index (κ3) is 3.96. The van der Waals surface area contributed by atoms with Gasteiger partial charge in [-0.2, -0.15) is 0 Å². The molecule has 1 aromatic carbocycles. The zero-order valence-corrected chi connectivity index (χ0v) is 16.2. The van der Waals surface area contributed by atoms with Crippen molar-refractivity contribution in [3.63, 3.8) is 0 Å². The van der Waals surface area contributed by atoms with Crippen molar-refractivity contribution in [2.45, 2.75) is 37.8 Å². The Hall–Kier alpha value is -3.00. The lowest BCUT2D eigenvalue weighted by atomic mass is 9.92. The highest BCUT2D eigenvalue weighted by atomic mass is 16.5. The Balaban J connectivity index is 1.62. The Morgan fingerprint density at radius 3 is 2.43 bits per heavy atom. The van der Waals surface area contributed by atoms with E-state index >= 15 is 0 Å². The second kappa shape index (κ2) is 7.93. The van der Waals surface area contributed by atoms with Crippen LogP contribution >= 0.6 is 0 Å². The largest absolute Gasteiger partial charge is 0.497 e. The van der Waals surface area contributed by atoms with Crippen LogP contribution in [-0.2, 0) is 0 Å². The lowest BCUT2D eigenvalue weighted by Gasteiger charge is -2.27. The number of nitrogens with one attached hydrogen (secondary N) is 2. The molecule has 0 spiro atoms. The summed E-state index contributed by atoms with van der Waals surface area (Å²) in [4.78, 5) is 4.43. The smallest absolute Gasteiger partial charge is 0.177 e. The minimum atomic E-state index is 0.322. The van der Waals surface area contributed by atoms with Gasteiger partial charge in [0.2, 0.25) is 0 Å². The number of fused-ring (bicyclic) bond motifs is 1. The Kier molecular flexibility index (Phi) is 5.21. The second-order valence-corrected chi connectivity index (χ2v) is 7.12. The van der Waals surface area contributed by atoms with E-state index in [-0.39, 0.29) is 0 Å². The number of rotatable bonds is 6. The second-order valence-electron chi connectivity index (χ2n) is 7.12. The molecule has 1 aliphatic rings. The van der Waals surface area contributed by atoms with E-state index in [1.54, 1.807) is 24.9 Å². The molecule has 0 radical (unpaired) electrons. The highest BCUT2D eigenvalue weighted by Crippen LogP contribution is 2.30. The number of hydrogen-bond donors (Lipinski definition) is 3. The number of nitrogens with zero attached hydrogens (tertiary/aromatic N) is 3. The molecule has 148 valence electrons. The summed E-state index contributed by atoms with van der Waals surface area (Å²) in [6, 6.07) is 8.36. The number of anilines is 3. The van der Waals surface area contributed by atoms with Crippen molar-refractivity contribution < 1.29 is 9.47 Å². The van der Waals surface area contributed by atoms with Crippen molar-refractivity contribution in [1.82, 2.24) is 14.6 Å². The fourth-order valence-corrected chi connectivity index (χ4v) is 3.59. The van der Waals surface area contributed by atoms with Gasteiger partial charge in [0, 0.05) is 54.4 Å². The van der Waals surface area contributed by atoms with Crippen molar-refractivity contribution >= 4 is 22.8 Å². The lowest BCUT2D eigenvalue weighted by molar-refractivity contribution is 0.395. The summed E-state index contributed by atoms with van der Waals surface area (Å²) in [7, 11) is 3.27. The van der Waals surface area contributed by atoms with Gasteiger partial charge >= 0.3 is 0 Å². The number of ether oxygens (including phenoxy) is 2. The Morgan fingerprint density at radius 1 is 1.04 bits per heavy atom. The van der Waals surface area contributed by atoms with Gasteiger partial charge in [0.15, 0.2) is 5.65 Å². The maximum absolute atomic E-state index is 6.02. The van der Waals surface area contributed by atoms with E-state index in [9.17, 15) is 0 Å². The molecule has 3 aromatic rings. The topological polar surface area (TPSA) is 98.7 Å². The van der Waals surface area contributed by atoms with Crippen molar-refractivity contribution in [3.05, 3.63) is 36.7 Å². The molecule has 0 amide bonds. The average molecular weight is 382 g/mol. The fraction of sp³-hybridized carbons (Fsp3) is 0.400. The van der Waals surface area contributed by atoms with Crippen molar-refractivity contribution in [1.29, 1.82) is 0 Å². The predicted molar refractivity (Wildman–Crippen MR) is 110 cm³/mol. The van der Waals surface area contributed by atoms with E-state index in [1.807, 2.05) is 30.5 Å². The van der Waals surface area contributed by atoms with Crippen molar-refractivity contribution in [2.24, 2.45) is 5.73 Å². The third-order valence-corrected chi connectivity index (χ3v) is 5.11. The maximum Gasteiger partial charge on any atom is 0.177 e. The quantitative estimate of drug-likeness (QED) is 0.602. The maximum atomic E-state index is 6.02. The van der Waals surface area contributed by atoms with Gasteiger partial charge in [0.1, 0.15) is 17.3 Å². The van der Waals surface area contributed by atoms with Gasteiger partial charge < -0.3 is 25.8 Å². The monoisotopic (exact) mass is 382 g/mol. The zero-order chi connectivity index (χ0) is 19.5. The molecule has 0 aliphatic heterocycles. The molecule has 2 aromatic heterocycles. The summed E-state index contributed by atoms with van der Waals surface area (Å²) < 4.78 is 12.5. The summed E-state index contributed by atoms with van der Waals surface area (Å²) in [5.41, 5.74) is 8.47. The van der Waals surface area contributed by atoms with Gasteiger partial charge in [0.25, 0.3) is 0 Å². The number of methoxy groups -OCH3 is 2. The SMILES string of the molecule is COc1cc(Nc2cc(NC3CCC(N)CC3)nn3ccnc23)cc(OC)c1. The summed E-state index contributed by atoms with van der Waals surface area (Å²) in [6.45, 7) is 0. The lowest BCUT2D eigenvalue weighted by Crippen LogP contribution is -2.33. The fourth-order valence-electron chi connectivity index (χ4n) is 3.59. The Bertz CT molecular complexity index is 927. The average Bonchev–Trinajstić information content (AvgIpc) is 3.18. The minimum Gasteiger partial charge on any atom is -0.497 e. The van der Waals surface area contributed by atoms with Crippen LogP contribution in [0.15, 0.2) is 36.7 Å². The first-order valence-electron chi connectivity index (χ1n) is 9.51. The third-order valence-electron chi connectivity index (χ3n) is 5.11. The molecule has 4 rings (SSSR count). The van der Waals surface area contributed by atoms with Crippen molar-refractivity contribution in [3.8, 4) is 11.5 Å². The normalized spacial score (nSPS) is 19.4. The Morgan fingerprint density at radius 2 is 1.75 bits per heavy atom. The summed E-state index contributed by atoms with van der Waals surface area (Å²) >= 11 is 0. The summed E-state index contributed by atoms with van der Waals surface area (Å²) in [5.74, 6) is 2.24. The molecule has 0 bridgehead atoms. The van der Waals surface area contributed by atoms with Crippen LogP contribution in [0.25, 0.3) is 5.65 Å². The van der Waals surface area contributed by atoms with Crippen LogP contribution in [0.2, 0.25) is 0 Å². The number of imidazole rings is 1. The molecule has 0 atom stereocenters. The molecule has 8 nitrogen and oxygen atoms in total. The number of aromatic nitrogens is 3. The van der Waals surface area contributed by atoms with Gasteiger partial charge in [-0.15, -0.1) is 5.10 Å². The van der Waals surface area contributed by atoms with Gasteiger partial charge in [0.05, 0.1) is 19.9 Å². The van der Waals surface area contributed by atoms with Gasteiger partial charge in [-0.05, 0) is 25.7 Å². The molecule has 4 N–H and O–H groups in total. The molecule has 8 heteroatoms. The van der Waals surface area contributed by atoms with Crippen LogP contribution in [0, 0.1) is 0 Å². The molecule has 1 aliphatic carbocycles. The molecular weight excluding hydrogens is 356 g/mol. The molecular formula is C20H26N6O2. The number of hydrogen-bond acceptors (Lipinski definition) is 7. The van der Waals surface area contributed by atoms with Gasteiger partial charge in [-0.3, -0.25) is 0 Å². The number of benzene rings is 1. The van der Waals surface area contributed by atoms with Gasteiger partial charge in [-0.1, -0.05) is 0 Å². The van der Waals surface area contributed by atoms with Crippen LogP contribution in [-0.4, -0.2) is 40.9 Å². The molecule has 1 fully saturated rings. The standard InChI is InChI=1S/C20H26N6O2/c1-27-16-9-15(10-17(11-16)28-2)23-18-12-19(25-26-8-7-22-20(18)26)24-14-5-3-13(21)4-6-14/h7-14,23H,3-6,21H2,1-2H3,(H,24,25). The minimum absolute atomic E-state index is 0.322. The van der Waals surface area contributed by atoms with Crippen LogP contribution in [0.5, 0.6) is 11.5 Å². The first kappa shape index (κ1) is 18.4. The van der Waals surface area contributed by atoms with Crippen LogP contribution < -0.4 is 25.8 Å². The Labute approximate surface area is 164 Å². The predicted octanol–water partition coefficient (Wildman–Crippen LogP) is 3.17. The highest BCUT2D eigenvalue weighted by Gasteiger charge is 2.19. The van der Waals surface area contributed by atoms with Crippen LogP contribution in [0.1, 0.15) is 25.7 Å². The van der Waals surface area contributed by atoms with E-state index < -0.39 is 0 Å². The molecule has 2 heterocycles. The zero-order valence-electron chi connectivity index (χ0n) is 16.2. The van der Waals surface area contributed by atoms with E-state index in [0.29, 0.717) is 23.6 Å². The van der Waals surface area contributed by atoms with Gasteiger partial charge in [-0.25, -0.2) is 9.50 Å². The van der Waals surface area contributed by atoms with Crippen LogP contribution in [0.4, 0.5) is 17.2 Å². The molecule has 0 saturated heterocycles. The molecule has 28 heavy (non-hydrogen) atoms. The summed E-state index contributed by atoms with van der Waals surface area (Å²) in [6.07, 6.45) is 7.78. The first-order valence-corrected chi connectivity index (χ1v) is 9.51.